The molecule has 0 aromatic rings. The van der Waals surface area contributed by atoms with E-state index in [1.165, 1.54) is 148 Å². The van der Waals surface area contributed by atoms with E-state index in [1.54, 1.807) is 0 Å². The van der Waals surface area contributed by atoms with Gasteiger partial charge in [-0.2, -0.15) is 0 Å². The van der Waals surface area contributed by atoms with Crippen molar-refractivity contribution in [2.24, 2.45) is 5.73 Å². The van der Waals surface area contributed by atoms with Gasteiger partial charge >= 0.3 is 0 Å². The van der Waals surface area contributed by atoms with Crippen LogP contribution in [0.5, 0.6) is 0 Å². The van der Waals surface area contributed by atoms with Gasteiger partial charge in [0.05, 0.1) is 12.7 Å². The zero-order chi connectivity index (χ0) is 29.2. The van der Waals surface area contributed by atoms with Gasteiger partial charge in [0.25, 0.3) is 0 Å². The first kappa shape index (κ1) is 40.5. The van der Waals surface area contributed by atoms with Crippen molar-refractivity contribution >= 4 is 5.91 Å². The number of carbonyl (C=O) groups excluding carboxylic acids is 1. The molecule has 0 rings (SSSR count). The lowest BCUT2D eigenvalue weighted by atomic mass is 10.0. The molecule has 236 valence electrons. The molecule has 0 aromatic carbocycles. The maximum atomic E-state index is 10.6. The highest BCUT2D eigenvalue weighted by Crippen LogP contribution is 2.14. The Labute approximate surface area is 244 Å². The van der Waals surface area contributed by atoms with Gasteiger partial charge in [-0.15, -0.1) is 0 Å². The summed E-state index contributed by atoms with van der Waals surface area (Å²) in [5, 5.41) is 27.1. The Kier molecular flexibility index (Phi) is 36.7. The molecule has 5 N–H and O–H groups in total. The number of nitrogens with two attached hydrogens (primary N) is 1. The van der Waals surface area contributed by atoms with E-state index < -0.39 is 18.1 Å². The van der Waals surface area contributed by atoms with E-state index in [1.807, 2.05) is 0 Å². The van der Waals surface area contributed by atoms with Crippen molar-refractivity contribution in [1.29, 1.82) is 0 Å². The highest BCUT2D eigenvalue weighted by Gasteiger charge is 2.09. The summed E-state index contributed by atoms with van der Waals surface area (Å²) >= 11 is 0. The first-order valence-electron chi connectivity index (χ1n) is 17.3. The lowest BCUT2D eigenvalue weighted by Crippen LogP contribution is -2.27. The molecule has 0 spiro atoms. The van der Waals surface area contributed by atoms with Gasteiger partial charge < -0.3 is 21.1 Å². The van der Waals surface area contributed by atoms with Crippen molar-refractivity contribution in [3.63, 3.8) is 0 Å². The number of rotatable bonds is 30. The molecule has 1 amide bonds. The third-order valence-electron chi connectivity index (χ3n) is 7.76. The normalized spacial score (nSPS) is 12.6. The molecular formula is C34H71NO4. The molecule has 0 aliphatic carbocycles. The number of amides is 1. The van der Waals surface area contributed by atoms with E-state index in [9.17, 15) is 15.0 Å². The maximum Gasteiger partial charge on any atom is 0.246 e. The largest absolute Gasteiger partial charge is 0.394 e. The van der Waals surface area contributed by atoms with Gasteiger partial charge in [-0.3, -0.25) is 4.79 Å². The molecule has 5 nitrogen and oxygen atoms in total. The van der Waals surface area contributed by atoms with Crippen LogP contribution < -0.4 is 5.73 Å². The monoisotopic (exact) mass is 558 g/mol. The summed E-state index contributed by atoms with van der Waals surface area (Å²) in [4.78, 5) is 10.6. The van der Waals surface area contributed by atoms with Crippen LogP contribution in [0.15, 0.2) is 0 Å². The summed E-state index contributed by atoms with van der Waals surface area (Å²) < 4.78 is 0. The molecule has 5 heteroatoms. The Hall–Kier alpha value is -0.650. The Morgan fingerprint density at radius 1 is 0.487 bits per heavy atom. The molecule has 2 unspecified atom stereocenters. The van der Waals surface area contributed by atoms with Crippen molar-refractivity contribution in [3.05, 3.63) is 0 Å². The van der Waals surface area contributed by atoms with E-state index in [-0.39, 0.29) is 6.61 Å². The van der Waals surface area contributed by atoms with Crippen LogP contribution >= 0.6 is 0 Å². The number of hydrogen-bond donors (Lipinski definition) is 4. The number of aliphatic hydroxyl groups excluding tert-OH is 3. The Morgan fingerprint density at radius 2 is 0.744 bits per heavy atom. The molecule has 39 heavy (non-hydrogen) atoms. The standard InChI is InChI=1S/C18H38O2.C16H33NO2/c1-2-3-4-5-6-7-8-9-10-11-12-13-14-15-16-18(20)17-19;1-2-3-4-5-6-7-8-9-10-11-12-13-14-15(18)16(17)19/h18-20H,2-17H2,1H3;15,18H,2-14H2,1H3,(H2,17,19). The fourth-order valence-electron chi connectivity index (χ4n) is 4.99. The number of carbonyl (C=O) groups is 1. The highest BCUT2D eigenvalue weighted by atomic mass is 16.3. The van der Waals surface area contributed by atoms with Crippen LogP contribution in [0.2, 0.25) is 0 Å². The second kappa shape index (κ2) is 35.4. The van der Waals surface area contributed by atoms with Crippen LogP contribution in [0.25, 0.3) is 0 Å². The first-order valence-corrected chi connectivity index (χ1v) is 17.3. The van der Waals surface area contributed by atoms with Crippen molar-refractivity contribution < 1.29 is 20.1 Å². The van der Waals surface area contributed by atoms with Crippen LogP contribution in [0.3, 0.4) is 0 Å². The first-order chi connectivity index (χ1) is 19.0. The summed E-state index contributed by atoms with van der Waals surface area (Å²) in [7, 11) is 0. The SMILES string of the molecule is CCCCCCCCCCCCCCC(O)C(N)=O.CCCCCCCCCCCCCCCCC(O)CO. The molecule has 0 saturated carbocycles. The summed E-state index contributed by atoms with van der Waals surface area (Å²) in [6.45, 7) is 4.44. The number of aliphatic hydroxyl groups is 3. The third-order valence-corrected chi connectivity index (χ3v) is 7.76. The molecule has 0 aliphatic rings. The lowest BCUT2D eigenvalue weighted by Gasteiger charge is -2.06. The molecule has 0 fully saturated rings. The van der Waals surface area contributed by atoms with Gasteiger partial charge in [-0.25, -0.2) is 0 Å². The molecule has 0 aromatic heterocycles. The van der Waals surface area contributed by atoms with E-state index in [0.29, 0.717) is 6.42 Å². The average Bonchev–Trinajstić information content (AvgIpc) is 2.93. The smallest absolute Gasteiger partial charge is 0.246 e. The fourth-order valence-corrected chi connectivity index (χ4v) is 4.99. The van der Waals surface area contributed by atoms with Crippen molar-refractivity contribution in [1.82, 2.24) is 0 Å². The summed E-state index contributed by atoms with van der Waals surface area (Å²) in [5.41, 5.74) is 4.99. The zero-order valence-electron chi connectivity index (χ0n) is 26.5. The maximum absolute atomic E-state index is 10.6. The van der Waals surface area contributed by atoms with E-state index >= 15 is 0 Å². The Morgan fingerprint density at radius 3 is 1.00 bits per heavy atom. The molecule has 0 bridgehead atoms. The fraction of sp³-hybridized carbons (Fsp3) is 0.971. The van der Waals surface area contributed by atoms with Gasteiger partial charge in [0.1, 0.15) is 6.10 Å². The molecule has 2 atom stereocenters. The van der Waals surface area contributed by atoms with E-state index in [4.69, 9.17) is 10.8 Å². The van der Waals surface area contributed by atoms with Crippen LogP contribution in [0.4, 0.5) is 0 Å². The van der Waals surface area contributed by atoms with Gasteiger partial charge in [0.15, 0.2) is 0 Å². The van der Waals surface area contributed by atoms with Crippen LogP contribution in [-0.4, -0.2) is 40.0 Å². The lowest BCUT2D eigenvalue weighted by molar-refractivity contribution is -0.126. The third kappa shape index (κ3) is 37.4. The van der Waals surface area contributed by atoms with Crippen LogP contribution in [0, 0.1) is 0 Å². The zero-order valence-corrected chi connectivity index (χ0v) is 26.5. The second-order valence-electron chi connectivity index (χ2n) is 11.8. The molecule has 0 saturated heterocycles. The summed E-state index contributed by atoms with van der Waals surface area (Å²) in [6, 6.07) is 0. The van der Waals surface area contributed by atoms with Gasteiger partial charge in [-0.05, 0) is 12.8 Å². The predicted octanol–water partition coefficient (Wildman–Crippen LogP) is 9.13. The van der Waals surface area contributed by atoms with Crippen molar-refractivity contribution in [3.8, 4) is 0 Å². The number of unbranched alkanes of at least 4 members (excludes halogenated alkanes) is 24. The van der Waals surface area contributed by atoms with Crippen molar-refractivity contribution in [2.45, 2.75) is 206 Å². The van der Waals surface area contributed by atoms with Crippen LogP contribution in [0.1, 0.15) is 194 Å². The van der Waals surface area contributed by atoms with E-state index in [0.717, 1.165) is 25.7 Å². The Balaban J connectivity index is 0. The Bertz CT molecular complexity index is 460. The molecule has 0 aliphatic heterocycles. The van der Waals surface area contributed by atoms with E-state index in [2.05, 4.69) is 13.8 Å². The topological polar surface area (TPSA) is 104 Å². The summed E-state index contributed by atoms with van der Waals surface area (Å²) in [5.74, 6) is -0.594. The second-order valence-corrected chi connectivity index (χ2v) is 11.8. The van der Waals surface area contributed by atoms with Crippen molar-refractivity contribution in [2.75, 3.05) is 6.61 Å². The quantitative estimate of drug-likeness (QED) is 0.0661. The van der Waals surface area contributed by atoms with Gasteiger partial charge in [-0.1, -0.05) is 181 Å². The number of primary amides is 1. The molecule has 0 heterocycles. The molecular weight excluding hydrogens is 486 g/mol. The minimum Gasteiger partial charge on any atom is -0.394 e. The average molecular weight is 558 g/mol. The predicted molar refractivity (Wildman–Crippen MR) is 169 cm³/mol. The summed E-state index contributed by atoms with van der Waals surface area (Å²) in [6.07, 6.45) is 34.3. The highest BCUT2D eigenvalue weighted by molar-refractivity contribution is 5.78. The minimum atomic E-state index is -0.942. The minimum absolute atomic E-state index is 0.0849. The van der Waals surface area contributed by atoms with Crippen LogP contribution in [-0.2, 0) is 4.79 Å². The number of hydrogen-bond acceptors (Lipinski definition) is 4. The molecule has 0 radical (unpaired) electrons. The van der Waals surface area contributed by atoms with Gasteiger partial charge in [0, 0.05) is 0 Å². The van der Waals surface area contributed by atoms with Gasteiger partial charge in [0.2, 0.25) is 5.91 Å².